The number of fused-ring (bicyclic) bond motifs is 1. The molecule has 0 radical (unpaired) electrons. The molecule has 1 aromatic carbocycles. The number of aromatic amines is 1. The number of nitrogens with one attached hydrogen (secondary N) is 1. The van der Waals surface area contributed by atoms with Gasteiger partial charge in [0, 0.05) is 35.9 Å². The van der Waals surface area contributed by atoms with Crippen molar-refractivity contribution >= 4 is 16.8 Å². The molecule has 0 unspecified atom stereocenters. The van der Waals surface area contributed by atoms with E-state index in [4.69, 9.17) is 4.74 Å². The second kappa shape index (κ2) is 5.59. The monoisotopic (exact) mass is 326 g/mol. The Balaban J connectivity index is 1.71. The molecule has 7 heteroatoms. The third kappa shape index (κ3) is 2.38. The van der Waals surface area contributed by atoms with E-state index in [1.54, 1.807) is 17.0 Å². The van der Waals surface area contributed by atoms with Crippen LogP contribution in [0.1, 0.15) is 22.5 Å². The molecule has 122 valence electrons. The van der Waals surface area contributed by atoms with E-state index in [0.29, 0.717) is 24.0 Å². The molecule has 6 nitrogen and oxygen atoms in total. The van der Waals surface area contributed by atoms with Gasteiger partial charge in [0.25, 0.3) is 5.91 Å². The van der Waals surface area contributed by atoms with Crippen molar-refractivity contribution in [1.29, 1.82) is 0 Å². The number of carbonyl (C=O) groups is 1. The SMILES string of the molecule is Cc1cc2c(F)c(Oc3ncncc3C(=O)N3CCC3)ccc2[nH]1. The topological polar surface area (TPSA) is 71.1 Å². The molecule has 1 fully saturated rings. The van der Waals surface area contributed by atoms with Gasteiger partial charge in [0.15, 0.2) is 11.6 Å². The first-order chi connectivity index (χ1) is 11.6. The van der Waals surface area contributed by atoms with Crippen LogP contribution in [0.5, 0.6) is 11.6 Å². The number of rotatable bonds is 3. The van der Waals surface area contributed by atoms with E-state index in [-0.39, 0.29) is 23.1 Å². The highest BCUT2D eigenvalue weighted by Gasteiger charge is 2.26. The van der Waals surface area contributed by atoms with Crippen LogP contribution in [0.2, 0.25) is 0 Å². The van der Waals surface area contributed by atoms with E-state index >= 15 is 0 Å². The molecule has 0 spiro atoms. The van der Waals surface area contributed by atoms with Crippen molar-refractivity contribution in [3.8, 4) is 11.6 Å². The molecular weight excluding hydrogens is 311 g/mol. The van der Waals surface area contributed by atoms with Gasteiger partial charge in [0.2, 0.25) is 5.88 Å². The minimum Gasteiger partial charge on any atom is -0.435 e. The van der Waals surface area contributed by atoms with Gasteiger partial charge in [-0.2, -0.15) is 0 Å². The number of carbonyl (C=O) groups excluding carboxylic acids is 1. The smallest absolute Gasteiger partial charge is 0.260 e. The zero-order valence-corrected chi connectivity index (χ0v) is 13.0. The maximum Gasteiger partial charge on any atom is 0.260 e. The van der Waals surface area contributed by atoms with Gasteiger partial charge in [-0.1, -0.05) is 0 Å². The number of amides is 1. The minimum absolute atomic E-state index is 0.0258. The first kappa shape index (κ1) is 14.6. The lowest BCUT2D eigenvalue weighted by Gasteiger charge is -2.30. The lowest BCUT2D eigenvalue weighted by molar-refractivity contribution is 0.0647. The summed E-state index contributed by atoms with van der Waals surface area (Å²) in [5, 5.41) is 0.440. The molecule has 4 rings (SSSR count). The van der Waals surface area contributed by atoms with E-state index in [1.807, 2.05) is 6.92 Å². The van der Waals surface area contributed by atoms with Gasteiger partial charge in [0.1, 0.15) is 11.9 Å². The number of hydrogen-bond donors (Lipinski definition) is 1. The Morgan fingerprint density at radius 3 is 2.96 bits per heavy atom. The largest absolute Gasteiger partial charge is 0.435 e. The summed E-state index contributed by atoms with van der Waals surface area (Å²) in [6.07, 6.45) is 3.66. The molecule has 1 saturated heterocycles. The summed E-state index contributed by atoms with van der Waals surface area (Å²) < 4.78 is 20.3. The molecule has 0 atom stereocenters. The Hall–Kier alpha value is -2.96. The van der Waals surface area contributed by atoms with E-state index in [2.05, 4.69) is 15.0 Å². The Morgan fingerprint density at radius 2 is 2.21 bits per heavy atom. The average Bonchev–Trinajstić information content (AvgIpc) is 2.90. The number of likely N-dealkylation sites (tertiary alicyclic amines) is 1. The van der Waals surface area contributed by atoms with Crippen molar-refractivity contribution in [1.82, 2.24) is 19.9 Å². The fourth-order valence-corrected chi connectivity index (χ4v) is 2.71. The van der Waals surface area contributed by atoms with Crippen molar-refractivity contribution < 1.29 is 13.9 Å². The second-order valence-electron chi connectivity index (χ2n) is 5.78. The van der Waals surface area contributed by atoms with Crippen LogP contribution >= 0.6 is 0 Å². The van der Waals surface area contributed by atoms with Crippen LogP contribution in [0.15, 0.2) is 30.7 Å². The summed E-state index contributed by atoms with van der Waals surface area (Å²) in [5.41, 5.74) is 1.79. The predicted octanol–water partition coefficient (Wildman–Crippen LogP) is 3.04. The highest BCUT2D eigenvalue weighted by atomic mass is 19.1. The van der Waals surface area contributed by atoms with Crippen LogP contribution < -0.4 is 4.74 Å². The Morgan fingerprint density at radius 1 is 1.38 bits per heavy atom. The molecule has 1 aliphatic rings. The van der Waals surface area contributed by atoms with Crippen molar-refractivity contribution in [3.63, 3.8) is 0 Å². The van der Waals surface area contributed by atoms with Gasteiger partial charge >= 0.3 is 0 Å². The number of ether oxygens (including phenoxy) is 1. The van der Waals surface area contributed by atoms with Crippen LogP contribution in [-0.4, -0.2) is 38.8 Å². The zero-order chi connectivity index (χ0) is 16.7. The standard InChI is InChI=1S/C17H15FN4O2/c1-10-7-11-13(21-10)3-4-14(15(11)18)24-16-12(8-19-9-20-16)17(23)22-5-2-6-22/h3-4,7-9,21H,2,5-6H2,1H3. The number of benzene rings is 1. The summed E-state index contributed by atoms with van der Waals surface area (Å²) >= 11 is 0. The first-order valence-electron chi connectivity index (χ1n) is 7.68. The van der Waals surface area contributed by atoms with Gasteiger partial charge in [0.05, 0.1) is 0 Å². The maximum absolute atomic E-state index is 14.7. The highest BCUT2D eigenvalue weighted by Crippen LogP contribution is 2.31. The molecule has 0 bridgehead atoms. The summed E-state index contributed by atoms with van der Waals surface area (Å²) in [6.45, 7) is 3.26. The van der Waals surface area contributed by atoms with Gasteiger partial charge in [-0.05, 0) is 31.5 Å². The van der Waals surface area contributed by atoms with Gasteiger partial charge in [-0.25, -0.2) is 14.4 Å². The zero-order valence-electron chi connectivity index (χ0n) is 13.0. The van der Waals surface area contributed by atoms with Crippen LogP contribution in [0.25, 0.3) is 10.9 Å². The third-order valence-electron chi connectivity index (χ3n) is 4.09. The minimum atomic E-state index is -0.488. The quantitative estimate of drug-likeness (QED) is 0.803. The van der Waals surface area contributed by atoms with Gasteiger partial charge in [-0.15, -0.1) is 0 Å². The normalized spacial score (nSPS) is 13.8. The van der Waals surface area contributed by atoms with Crippen LogP contribution in [-0.2, 0) is 0 Å². The number of aromatic nitrogens is 3. The van der Waals surface area contributed by atoms with Gasteiger partial charge in [-0.3, -0.25) is 4.79 Å². The second-order valence-corrected chi connectivity index (χ2v) is 5.78. The predicted molar refractivity (Wildman–Crippen MR) is 85.6 cm³/mol. The first-order valence-corrected chi connectivity index (χ1v) is 7.68. The Bertz CT molecular complexity index is 933. The van der Waals surface area contributed by atoms with Crippen molar-refractivity contribution in [2.45, 2.75) is 13.3 Å². The summed E-state index contributed by atoms with van der Waals surface area (Å²) in [6, 6.07) is 4.97. The third-order valence-corrected chi connectivity index (χ3v) is 4.09. The molecule has 3 heterocycles. The molecular formula is C17H15FN4O2. The van der Waals surface area contributed by atoms with Crippen LogP contribution in [0.4, 0.5) is 4.39 Å². The molecule has 0 saturated carbocycles. The van der Waals surface area contributed by atoms with Crippen LogP contribution in [0, 0.1) is 12.7 Å². The lowest BCUT2D eigenvalue weighted by Crippen LogP contribution is -2.42. The van der Waals surface area contributed by atoms with Gasteiger partial charge < -0.3 is 14.6 Å². The lowest BCUT2D eigenvalue weighted by atomic mass is 10.1. The van der Waals surface area contributed by atoms with Crippen molar-refractivity contribution in [2.24, 2.45) is 0 Å². The summed E-state index contributed by atoms with van der Waals surface area (Å²) in [7, 11) is 0. The van der Waals surface area contributed by atoms with Crippen molar-refractivity contribution in [2.75, 3.05) is 13.1 Å². The molecule has 1 aliphatic heterocycles. The molecule has 2 aromatic heterocycles. The molecule has 1 amide bonds. The number of aryl methyl sites for hydroxylation is 1. The Labute approximate surface area is 137 Å². The average molecular weight is 326 g/mol. The summed E-state index contributed by atoms with van der Waals surface area (Å²) in [5.74, 6) is -0.598. The van der Waals surface area contributed by atoms with Crippen LogP contribution in [0.3, 0.4) is 0 Å². The van der Waals surface area contributed by atoms with E-state index in [0.717, 1.165) is 12.1 Å². The summed E-state index contributed by atoms with van der Waals surface area (Å²) in [4.78, 5) is 25.0. The fourth-order valence-electron chi connectivity index (χ4n) is 2.71. The maximum atomic E-state index is 14.7. The number of halogens is 1. The van der Waals surface area contributed by atoms with Crippen molar-refractivity contribution in [3.05, 3.63) is 47.8 Å². The molecule has 3 aromatic rings. The van der Waals surface area contributed by atoms with E-state index in [1.165, 1.54) is 18.6 Å². The molecule has 0 aliphatic carbocycles. The van der Waals surface area contributed by atoms with E-state index in [9.17, 15) is 9.18 Å². The van der Waals surface area contributed by atoms with E-state index < -0.39 is 5.82 Å². The molecule has 1 N–H and O–H groups in total. The molecule has 24 heavy (non-hydrogen) atoms. The highest BCUT2D eigenvalue weighted by molar-refractivity contribution is 5.96. The fraction of sp³-hybridized carbons (Fsp3) is 0.235. The Kier molecular flexibility index (Phi) is 3.41. The number of nitrogens with zero attached hydrogens (tertiary/aromatic N) is 3. The number of H-pyrrole nitrogens is 1. The number of hydrogen-bond acceptors (Lipinski definition) is 4.